The summed E-state index contributed by atoms with van der Waals surface area (Å²) in [6.07, 6.45) is 6.16. The first kappa shape index (κ1) is 22.1. The van der Waals surface area contributed by atoms with E-state index in [9.17, 15) is 9.59 Å². The number of hydrogen-bond acceptors (Lipinski definition) is 5. The van der Waals surface area contributed by atoms with E-state index in [4.69, 9.17) is 4.98 Å². The summed E-state index contributed by atoms with van der Waals surface area (Å²) in [4.78, 5) is 32.6. The van der Waals surface area contributed by atoms with Crippen LogP contribution >= 0.6 is 23.1 Å². The summed E-state index contributed by atoms with van der Waals surface area (Å²) in [6.45, 7) is 4.70. The molecule has 0 atom stereocenters. The lowest BCUT2D eigenvalue weighted by Gasteiger charge is -2.18. The van der Waals surface area contributed by atoms with E-state index in [1.807, 2.05) is 36.6 Å². The zero-order valence-electron chi connectivity index (χ0n) is 18.1. The van der Waals surface area contributed by atoms with Crippen molar-refractivity contribution in [3.05, 3.63) is 56.7 Å². The molecule has 7 heteroatoms. The van der Waals surface area contributed by atoms with Crippen LogP contribution in [0.1, 0.15) is 54.1 Å². The van der Waals surface area contributed by atoms with E-state index in [0.717, 1.165) is 59.2 Å². The maximum absolute atomic E-state index is 13.4. The van der Waals surface area contributed by atoms with E-state index in [2.05, 4.69) is 17.4 Å². The van der Waals surface area contributed by atoms with Crippen molar-refractivity contribution in [2.24, 2.45) is 0 Å². The third-order valence-electron chi connectivity index (χ3n) is 6.03. The number of aryl methyl sites for hydroxylation is 3. The zero-order chi connectivity index (χ0) is 21.8. The van der Waals surface area contributed by atoms with Gasteiger partial charge in [-0.15, -0.1) is 11.3 Å². The van der Waals surface area contributed by atoms with Gasteiger partial charge in [-0.2, -0.15) is 0 Å². The Hall–Kier alpha value is -2.12. The molecule has 2 heterocycles. The monoisotopic (exact) mass is 455 g/mol. The van der Waals surface area contributed by atoms with Crippen LogP contribution in [0.25, 0.3) is 10.2 Å². The van der Waals surface area contributed by atoms with Gasteiger partial charge in [0.25, 0.3) is 5.56 Å². The minimum absolute atomic E-state index is 0.0103. The minimum atomic E-state index is -0.0103. The number of carbonyl (C=O) groups is 1. The predicted molar refractivity (Wildman–Crippen MR) is 129 cm³/mol. The average molecular weight is 456 g/mol. The van der Waals surface area contributed by atoms with E-state index in [0.29, 0.717) is 11.7 Å². The molecule has 4 rings (SSSR count). The number of fused-ring (bicyclic) bond motifs is 1. The fourth-order valence-electron chi connectivity index (χ4n) is 4.22. The van der Waals surface area contributed by atoms with E-state index in [-0.39, 0.29) is 23.3 Å². The maximum Gasteiger partial charge on any atom is 0.263 e. The van der Waals surface area contributed by atoms with Crippen LogP contribution in [-0.4, -0.2) is 27.8 Å². The first-order chi connectivity index (χ1) is 15.0. The molecule has 0 radical (unpaired) electrons. The number of carbonyl (C=O) groups excluding carboxylic acids is 1. The molecule has 1 amide bonds. The largest absolute Gasteiger partial charge is 0.355 e. The highest BCUT2D eigenvalue weighted by Gasteiger charge is 2.25. The second-order valence-electron chi connectivity index (χ2n) is 8.20. The lowest BCUT2D eigenvalue weighted by atomic mass is 10.1. The van der Waals surface area contributed by atoms with Gasteiger partial charge in [0, 0.05) is 17.5 Å². The molecular weight excluding hydrogens is 426 g/mol. The fraction of sp³-hybridized carbons (Fsp3) is 0.458. The second kappa shape index (κ2) is 10.0. The molecule has 1 aliphatic rings. The molecule has 1 saturated carbocycles. The summed E-state index contributed by atoms with van der Waals surface area (Å²) in [7, 11) is 0. The Morgan fingerprint density at radius 1 is 1.23 bits per heavy atom. The standard InChI is InChI=1S/C24H29N3O2S2/c1-16-17(2)31-22-21(16)23(29)27(19-12-6-7-13-19)24(26-22)30-15-20(28)25-14-8-11-18-9-4-3-5-10-18/h3-5,9-10,19H,6-8,11-15H2,1-2H3,(H,25,28). The van der Waals surface area contributed by atoms with Gasteiger partial charge in [-0.3, -0.25) is 14.2 Å². The average Bonchev–Trinajstić information content (AvgIpc) is 3.39. The van der Waals surface area contributed by atoms with Crippen molar-refractivity contribution in [3.8, 4) is 0 Å². The van der Waals surface area contributed by atoms with Gasteiger partial charge in [-0.1, -0.05) is 54.9 Å². The fourth-order valence-corrected chi connectivity index (χ4v) is 6.19. The maximum atomic E-state index is 13.4. The van der Waals surface area contributed by atoms with Crippen LogP contribution in [0.3, 0.4) is 0 Å². The van der Waals surface area contributed by atoms with Crippen LogP contribution in [0, 0.1) is 13.8 Å². The minimum Gasteiger partial charge on any atom is -0.355 e. The molecule has 1 aliphatic carbocycles. The van der Waals surface area contributed by atoms with Crippen molar-refractivity contribution in [2.75, 3.05) is 12.3 Å². The Kier molecular flexibility index (Phi) is 7.13. The van der Waals surface area contributed by atoms with Crippen molar-refractivity contribution in [1.82, 2.24) is 14.9 Å². The normalized spacial score (nSPS) is 14.4. The highest BCUT2D eigenvalue weighted by atomic mass is 32.2. The summed E-state index contributed by atoms with van der Waals surface area (Å²) >= 11 is 2.96. The predicted octanol–water partition coefficient (Wildman–Crippen LogP) is 5.03. The number of thiophene rings is 1. The molecule has 31 heavy (non-hydrogen) atoms. The lowest BCUT2D eigenvalue weighted by Crippen LogP contribution is -2.29. The summed E-state index contributed by atoms with van der Waals surface area (Å²) in [6, 6.07) is 10.5. The van der Waals surface area contributed by atoms with Crippen LogP contribution in [0.15, 0.2) is 40.3 Å². The Balaban J connectivity index is 1.43. The molecule has 1 aromatic carbocycles. The second-order valence-corrected chi connectivity index (χ2v) is 10.3. The van der Waals surface area contributed by atoms with Gasteiger partial charge in [0.15, 0.2) is 5.16 Å². The quantitative estimate of drug-likeness (QED) is 0.294. The molecule has 0 saturated heterocycles. The van der Waals surface area contributed by atoms with Gasteiger partial charge in [0.1, 0.15) is 4.83 Å². The van der Waals surface area contributed by atoms with Gasteiger partial charge in [0.05, 0.1) is 11.1 Å². The van der Waals surface area contributed by atoms with Crippen LogP contribution in [0.2, 0.25) is 0 Å². The lowest BCUT2D eigenvalue weighted by molar-refractivity contribution is -0.118. The molecule has 0 aliphatic heterocycles. The number of rotatable bonds is 8. The number of benzene rings is 1. The van der Waals surface area contributed by atoms with E-state index >= 15 is 0 Å². The zero-order valence-corrected chi connectivity index (χ0v) is 19.8. The van der Waals surface area contributed by atoms with Crippen molar-refractivity contribution >= 4 is 39.2 Å². The van der Waals surface area contributed by atoms with E-state index < -0.39 is 0 Å². The Labute approximate surface area is 191 Å². The van der Waals surface area contributed by atoms with Crippen LogP contribution in [0.4, 0.5) is 0 Å². The SMILES string of the molecule is Cc1sc2nc(SCC(=O)NCCCc3ccccc3)n(C3CCCC3)c(=O)c2c1C. The molecule has 1 fully saturated rings. The molecule has 0 spiro atoms. The summed E-state index contributed by atoms with van der Waals surface area (Å²) in [5.74, 6) is 0.267. The number of hydrogen-bond donors (Lipinski definition) is 1. The molecular formula is C24H29N3O2S2. The first-order valence-corrected chi connectivity index (χ1v) is 12.8. The van der Waals surface area contributed by atoms with E-state index in [1.165, 1.54) is 17.3 Å². The van der Waals surface area contributed by atoms with Crippen LogP contribution in [0.5, 0.6) is 0 Å². The van der Waals surface area contributed by atoms with E-state index in [1.54, 1.807) is 11.3 Å². The number of amides is 1. The van der Waals surface area contributed by atoms with Gasteiger partial charge in [-0.05, 0) is 50.7 Å². The summed E-state index contributed by atoms with van der Waals surface area (Å²) < 4.78 is 1.88. The third kappa shape index (κ3) is 5.04. The van der Waals surface area contributed by atoms with Crippen molar-refractivity contribution < 1.29 is 4.79 Å². The smallest absolute Gasteiger partial charge is 0.263 e. The van der Waals surface area contributed by atoms with Gasteiger partial charge in [-0.25, -0.2) is 4.98 Å². The van der Waals surface area contributed by atoms with Crippen LogP contribution in [-0.2, 0) is 11.2 Å². The molecule has 1 N–H and O–H groups in total. The van der Waals surface area contributed by atoms with Crippen molar-refractivity contribution in [2.45, 2.75) is 63.6 Å². The first-order valence-electron chi connectivity index (χ1n) is 11.0. The molecule has 3 aromatic rings. The van der Waals surface area contributed by atoms with Crippen LogP contribution < -0.4 is 10.9 Å². The summed E-state index contributed by atoms with van der Waals surface area (Å²) in [5.41, 5.74) is 2.38. The molecule has 2 aromatic heterocycles. The third-order valence-corrected chi connectivity index (χ3v) is 8.09. The Morgan fingerprint density at radius 2 is 1.97 bits per heavy atom. The Bertz CT molecular complexity index is 1120. The molecule has 0 bridgehead atoms. The highest BCUT2D eigenvalue weighted by molar-refractivity contribution is 7.99. The molecule has 5 nitrogen and oxygen atoms in total. The number of thioether (sulfide) groups is 1. The number of nitrogens with one attached hydrogen (secondary N) is 1. The van der Waals surface area contributed by atoms with Crippen molar-refractivity contribution in [3.63, 3.8) is 0 Å². The molecule has 164 valence electrons. The number of aromatic nitrogens is 2. The highest BCUT2D eigenvalue weighted by Crippen LogP contribution is 2.34. The number of nitrogens with zero attached hydrogens (tertiary/aromatic N) is 2. The molecule has 0 unspecified atom stereocenters. The van der Waals surface area contributed by atoms with Gasteiger partial charge in [0.2, 0.25) is 5.91 Å². The Morgan fingerprint density at radius 3 is 2.71 bits per heavy atom. The van der Waals surface area contributed by atoms with Gasteiger partial charge < -0.3 is 5.32 Å². The van der Waals surface area contributed by atoms with Crippen molar-refractivity contribution in [1.29, 1.82) is 0 Å². The topological polar surface area (TPSA) is 64.0 Å². The summed E-state index contributed by atoms with van der Waals surface area (Å²) in [5, 5.41) is 4.44. The van der Waals surface area contributed by atoms with Gasteiger partial charge >= 0.3 is 0 Å².